The van der Waals surface area contributed by atoms with Crippen LogP contribution >= 0.6 is 15.9 Å². The van der Waals surface area contributed by atoms with Crippen LogP contribution < -0.4 is 4.74 Å². The third kappa shape index (κ3) is 3.13. The number of hydrogen-bond acceptors (Lipinski definition) is 2. The van der Waals surface area contributed by atoms with Gasteiger partial charge in [-0.2, -0.15) is 0 Å². The Morgan fingerprint density at radius 1 is 1.44 bits per heavy atom. The highest BCUT2D eigenvalue weighted by molar-refractivity contribution is 9.10. The molecule has 1 fully saturated rings. The van der Waals surface area contributed by atoms with Crippen LogP contribution in [0.5, 0.6) is 5.75 Å². The van der Waals surface area contributed by atoms with Crippen molar-refractivity contribution in [3.8, 4) is 5.75 Å². The van der Waals surface area contributed by atoms with E-state index in [1.807, 2.05) is 0 Å². The van der Waals surface area contributed by atoms with E-state index in [0.29, 0.717) is 36.2 Å². The van der Waals surface area contributed by atoms with Gasteiger partial charge in [-0.25, -0.2) is 9.18 Å². The van der Waals surface area contributed by atoms with E-state index in [-0.39, 0.29) is 11.9 Å². The minimum absolute atomic E-state index is 0.0256. The molecule has 98 valence electrons. The molecule has 0 bridgehead atoms. The molecule has 6 heteroatoms. The molecule has 1 aliphatic heterocycles. The van der Waals surface area contributed by atoms with Crippen LogP contribution in [0.4, 0.5) is 9.18 Å². The molecule has 1 amide bonds. The van der Waals surface area contributed by atoms with E-state index in [0.717, 1.165) is 0 Å². The Morgan fingerprint density at radius 3 is 2.67 bits per heavy atom. The largest absolute Gasteiger partial charge is 0.489 e. The van der Waals surface area contributed by atoms with E-state index in [4.69, 9.17) is 9.84 Å². The van der Waals surface area contributed by atoms with Crippen LogP contribution in [-0.4, -0.2) is 35.3 Å². The van der Waals surface area contributed by atoms with Crippen molar-refractivity contribution in [2.45, 2.75) is 18.9 Å². The lowest BCUT2D eigenvalue weighted by Gasteiger charge is -2.30. The predicted molar refractivity (Wildman–Crippen MR) is 67.3 cm³/mol. The zero-order valence-electron chi connectivity index (χ0n) is 9.60. The quantitative estimate of drug-likeness (QED) is 0.911. The van der Waals surface area contributed by atoms with E-state index in [9.17, 15) is 9.18 Å². The van der Waals surface area contributed by atoms with Gasteiger partial charge in [0.25, 0.3) is 0 Å². The average Bonchev–Trinajstić information content (AvgIpc) is 2.33. The summed E-state index contributed by atoms with van der Waals surface area (Å²) in [6.07, 6.45) is 0.380. The van der Waals surface area contributed by atoms with E-state index in [1.54, 1.807) is 6.07 Å². The topological polar surface area (TPSA) is 49.8 Å². The number of likely N-dealkylation sites (tertiary alicyclic amines) is 1. The van der Waals surface area contributed by atoms with Crippen LogP contribution in [-0.2, 0) is 0 Å². The predicted octanol–water partition coefficient (Wildman–Crippen LogP) is 3.11. The van der Waals surface area contributed by atoms with Gasteiger partial charge in [-0.15, -0.1) is 0 Å². The number of rotatable bonds is 2. The van der Waals surface area contributed by atoms with Gasteiger partial charge in [0.2, 0.25) is 0 Å². The van der Waals surface area contributed by atoms with Crippen molar-refractivity contribution in [2.75, 3.05) is 13.1 Å². The van der Waals surface area contributed by atoms with Crippen molar-refractivity contribution in [3.05, 3.63) is 28.5 Å². The molecular weight excluding hydrogens is 305 g/mol. The van der Waals surface area contributed by atoms with E-state index < -0.39 is 6.09 Å². The van der Waals surface area contributed by atoms with Gasteiger partial charge in [0.15, 0.2) is 0 Å². The summed E-state index contributed by atoms with van der Waals surface area (Å²) in [6.45, 7) is 0.942. The summed E-state index contributed by atoms with van der Waals surface area (Å²) in [7, 11) is 0. The number of hydrogen-bond donors (Lipinski definition) is 1. The Balaban J connectivity index is 1.93. The molecule has 18 heavy (non-hydrogen) atoms. The zero-order valence-corrected chi connectivity index (χ0v) is 11.2. The monoisotopic (exact) mass is 317 g/mol. The van der Waals surface area contributed by atoms with Crippen molar-refractivity contribution in [2.24, 2.45) is 0 Å². The maximum absolute atomic E-state index is 12.9. The first-order valence-corrected chi connectivity index (χ1v) is 6.45. The Kier molecular flexibility index (Phi) is 4.06. The van der Waals surface area contributed by atoms with Crippen molar-refractivity contribution >= 4 is 22.0 Å². The standard InChI is InChI=1S/C12H13BrFNO3/c13-10-7-8(14)1-2-11(10)18-9-3-5-15(6-4-9)12(16)17/h1-2,7,9H,3-6H2,(H,16,17). The van der Waals surface area contributed by atoms with E-state index >= 15 is 0 Å². The summed E-state index contributed by atoms with van der Waals surface area (Å²) in [5.74, 6) is 0.264. The second kappa shape index (κ2) is 5.56. The highest BCUT2D eigenvalue weighted by Gasteiger charge is 2.23. The molecule has 1 aliphatic rings. The molecule has 1 saturated heterocycles. The Labute approximate surface area is 112 Å². The van der Waals surface area contributed by atoms with Gasteiger partial charge >= 0.3 is 6.09 Å². The molecular formula is C12H13BrFNO3. The lowest BCUT2D eigenvalue weighted by atomic mass is 10.1. The summed E-state index contributed by atoms with van der Waals surface area (Å²) in [4.78, 5) is 12.1. The van der Waals surface area contributed by atoms with Crippen molar-refractivity contribution in [1.82, 2.24) is 4.90 Å². The molecule has 0 radical (unpaired) electrons. The molecule has 2 rings (SSSR count). The van der Waals surface area contributed by atoms with Gasteiger partial charge in [-0.05, 0) is 34.1 Å². The first kappa shape index (κ1) is 13.1. The van der Waals surface area contributed by atoms with Gasteiger partial charge < -0.3 is 14.7 Å². The van der Waals surface area contributed by atoms with Crippen LogP contribution in [0.1, 0.15) is 12.8 Å². The highest BCUT2D eigenvalue weighted by Crippen LogP contribution is 2.28. The van der Waals surface area contributed by atoms with Crippen LogP contribution in [0.2, 0.25) is 0 Å². The molecule has 1 heterocycles. The van der Waals surface area contributed by atoms with Crippen molar-refractivity contribution < 1.29 is 19.0 Å². The number of carboxylic acid groups (broad SMARTS) is 1. The first-order chi connectivity index (χ1) is 8.56. The summed E-state index contributed by atoms with van der Waals surface area (Å²) in [5.41, 5.74) is 0. The molecule has 1 aromatic carbocycles. The minimum atomic E-state index is -0.892. The van der Waals surface area contributed by atoms with Gasteiger partial charge in [0.05, 0.1) is 4.47 Å². The fourth-order valence-electron chi connectivity index (χ4n) is 1.92. The third-order valence-corrected chi connectivity index (χ3v) is 3.52. The molecule has 0 aromatic heterocycles. The van der Waals surface area contributed by atoms with Gasteiger partial charge in [-0.1, -0.05) is 0 Å². The molecule has 1 aromatic rings. The Morgan fingerprint density at radius 2 is 2.11 bits per heavy atom. The third-order valence-electron chi connectivity index (χ3n) is 2.90. The van der Waals surface area contributed by atoms with Gasteiger partial charge in [0, 0.05) is 25.9 Å². The zero-order chi connectivity index (χ0) is 13.1. The lowest BCUT2D eigenvalue weighted by Crippen LogP contribution is -2.41. The van der Waals surface area contributed by atoms with Crippen LogP contribution in [0.15, 0.2) is 22.7 Å². The van der Waals surface area contributed by atoms with Crippen molar-refractivity contribution in [1.29, 1.82) is 0 Å². The van der Waals surface area contributed by atoms with Gasteiger partial charge in [-0.3, -0.25) is 0 Å². The number of halogens is 2. The second-order valence-electron chi connectivity index (χ2n) is 4.16. The molecule has 4 nitrogen and oxygen atoms in total. The summed E-state index contributed by atoms with van der Waals surface area (Å²) < 4.78 is 19.2. The number of ether oxygens (including phenoxy) is 1. The van der Waals surface area contributed by atoms with Crippen LogP contribution in [0, 0.1) is 5.82 Å². The molecule has 1 N–H and O–H groups in total. The molecule has 0 atom stereocenters. The Hall–Kier alpha value is -1.30. The summed E-state index contributed by atoms with van der Waals surface area (Å²) >= 11 is 3.24. The highest BCUT2D eigenvalue weighted by atomic mass is 79.9. The summed E-state index contributed by atoms with van der Waals surface area (Å²) in [5, 5.41) is 8.82. The lowest BCUT2D eigenvalue weighted by molar-refractivity contribution is 0.0890. The van der Waals surface area contributed by atoms with E-state index in [1.165, 1.54) is 17.0 Å². The van der Waals surface area contributed by atoms with Crippen LogP contribution in [0.3, 0.4) is 0 Å². The number of carbonyl (C=O) groups is 1. The fraction of sp³-hybridized carbons (Fsp3) is 0.417. The number of amides is 1. The molecule has 0 saturated carbocycles. The average molecular weight is 318 g/mol. The number of benzene rings is 1. The SMILES string of the molecule is O=C(O)N1CCC(Oc2ccc(F)cc2Br)CC1. The fourth-order valence-corrected chi connectivity index (χ4v) is 2.36. The number of nitrogens with zero attached hydrogens (tertiary/aromatic N) is 1. The maximum atomic E-state index is 12.9. The van der Waals surface area contributed by atoms with Crippen LogP contribution in [0.25, 0.3) is 0 Å². The normalized spacial score (nSPS) is 16.7. The smallest absolute Gasteiger partial charge is 0.407 e. The second-order valence-corrected chi connectivity index (χ2v) is 5.02. The van der Waals surface area contributed by atoms with Crippen molar-refractivity contribution in [3.63, 3.8) is 0 Å². The minimum Gasteiger partial charge on any atom is -0.489 e. The first-order valence-electron chi connectivity index (χ1n) is 5.66. The van der Waals surface area contributed by atoms with E-state index in [2.05, 4.69) is 15.9 Å². The molecule has 0 aliphatic carbocycles. The van der Waals surface area contributed by atoms with Gasteiger partial charge in [0.1, 0.15) is 17.7 Å². The maximum Gasteiger partial charge on any atom is 0.407 e. The number of piperidine rings is 1. The molecule has 0 spiro atoms. The molecule has 0 unspecified atom stereocenters. The summed E-state index contributed by atoms with van der Waals surface area (Å²) in [6, 6.07) is 4.26. The Bertz CT molecular complexity index is 447.